The van der Waals surface area contributed by atoms with Gasteiger partial charge in [-0.25, -0.2) is 0 Å². The van der Waals surface area contributed by atoms with Crippen LogP contribution in [0, 0.1) is 11.3 Å². The van der Waals surface area contributed by atoms with Gasteiger partial charge in [-0.2, -0.15) is 5.26 Å². The van der Waals surface area contributed by atoms with Crippen LogP contribution in [0.3, 0.4) is 0 Å². The fraction of sp³-hybridized carbons (Fsp3) is 0.381. The van der Waals surface area contributed by atoms with Gasteiger partial charge in [0.25, 0.3) is 0 Å². The summed E-state index contributed by atoms with van der Waals surface area (Å²) in [7, 11) is 3.14. The highest BCUT2D eigenvalue weighted by Crippen LogP contribution is 2.31. The van der Waals surface area contributed by atoms with Gasteiger partial charge in [0.1, 0.15) is 5.76 Å². The van der Waals surface area contributed by atoms with Crippen LogP contribution in [0.25, 0.3) is 11.6 Å². The first kappa shape index (κ1) is 19.8. The van der Waals surface area contributed by atoms with Gasteiger partial charge >= 0.3 is 0 Å². The lowest BCUT2D eigenvalue weighted by Gasteiger charge is -2.34. The number of ether oxygens (including phenoxy) is 2. The fourth-order valence-corrected chi connectivity index (χ4v) is 3.25. The summed E-state index contributed by atoms with van der Waals surface area (Å²) in [5.74, 6) is 2.60. The van der Waals surface area contributed by atoms with Crippen LogP contribution >= 0.6 is 0 Å². The van der Waals surface area contributed by atoms with Gasteiger partial charge < -0.3 is 23.9 Å². The zero-order valence-corrected chi connectivity index (χ0v) is 16.2. The minimum atomic E-state index is 0.183. The van der Waals surface area contributed by atoms with E-state index in [2.05, 4.69) is 15.9 Å². The highest BCUT2D eigenvalue weighted by atomic mass is 16.5. The van der Waals surface area contributed by atoms with Crippen molar-refractivity contribution in [3.63, 3.8) is 0 Å². The van der Waals surface area contributed by atoms with E-state index in [0.717, 1.165) is 37.6 Å². The Morgan fingerprint density at radius 1 is 1.14 bits per heavy atom. The van der Waals surface area contributed by atoms with Crippen LogP contribution in [0.1, 0.15) is 11.3 Å². The number of nitriles is 1. The van der Waals surface area contributed by atoms with Gasteiger partial charge in [-0.3, -0.25) is 4.90 Å². The predicted molar refractivity (Wildman–Crippen MR) is 107 cm³/mol. The number of nitrogens with zero attached hydrogens (tertiary/aromatic N) is 3. The van der Waals surface area contributed by atoms with Crippen LogP contribution < -0.4 is 14.4 Å². The van der Waals surface area contributed by atoms with E-state index in [-0.39, 0.29) is 6.61 Å². The first-order valence-corrected chi connectivity index (χ1v) is 9.20. The average Bonchev–Trinajstić information content (AvgIpc) is 3.21. The molecule has 1 saturated heterocycles. The molecule has 28 heavy (non-hydrogen) atoms. The van der Waals surface area contributed by atoms with Gasteiger partial charge in [0.2, 0.25) is 0 Å². The fourth-order valence-electron chi connectivity index (χ4n) is 3.25. The van der Waals surface area contributed by atoms with Crippen LogP contribution in [-0.4, -0.2) is 63.6 Å². The average molecular weight is 383 g/mol. The van der Waals surface area contributed by atoms with E-state index in [1.54, 1.807) is 32.4 Å². The molecule has 3 rings (SSSR count). The summed E-state index contributed by atoms with van der Waals surface area (Å²) >= 11 is 0. The van der Waals surface area contributed by atoms with Crippen LogP contribution in [0.4, 0.5) is 5.88 Å². The second-order valence-electron chi connectivity index (χ2n) is 6.47. The molecule has 1 aromatic heterocycles. The normalized spacial score (nSPS) is 15.4. The highest BCUT2D eigenvalue weighted by Gasteiger charge is 2.19. The largest absolute Gasteiger partial charge is 0.493 e. The van der Waals surface area contributed by atoms with Crippen molar-refractivity contribution in [2.45, 2.75) is 0 Å². The molecule has 0 spiro atoms. The molecular formula is C21H25N3O4. The molecule has 7 nitrogen and oxygen atoms in total. The SMILES string of the molecule is COc1ccc(C(C#N)=Cc2ccc(N3CCN(CCO)CC3)o2)cc1OC. The number of hydrogen-bond acceptors (Lipinski definition) is 7. The Morgan fingerprint density at radius 2 is 1.89 bits per heavy atom. The summed E-state index contributed by atoms with van der Waals surface area (Å²) in [5, 5.41) is 18.6. The van der Waals surface area contributed by atoms with E-state index in [1.807, 2.05) is 18.2 Å². The Hall–Kier alpha value is -2.95. The topological polar surface area (TPSA) is 82.1 Å². The molecule has 0 unspecified atom stereocenters. The summed E-state index contributed by atoms with van der Waals surface area (Å²) in [6.07, 6.45) is 1.73. The molecule has 0 saturated carbocycles. The standard InChI is InChI=1S/C21H25N3O4/c1-26-19-5-3-16(14-20(19)27-2)17(15-22)13-18-4-6-21(28-18)24-9-7-23(8-10-24)11-12-25/h3-6,13-14,25H,7-12H2,1-2H3. The number of aliphatic hydroxyl groups excluding tert-OH is 1. The van der Waals surface area contributed by atoms with Crippen molar-refractivity contribution in [2.75, 3.05) is 58.5 Å². The summed E-state index contributed by atoms with van der Waals surface area (Å²) in [6.45, 7) is 4.36. The monoisotopic (exact) mass is 383 g/mol. The zero-order chi connectivity index (χ0) is 19.9. The summed E-state index contributed by atoms with van der Waals surface area (Å²) in [4.78, 5) is 4.40. The quantitative estimate of drug-likeness (QED) is 0.736. The van der Waals surface area contributed by atoms with Crippen LogP contribution in [0.2, 0.25) is 0 Å². The van der Waals surface area contributed by atoms with Crippen LogP contribution in [-0.2, 0) is 0 Å². The Kier molecular flexibility index (Phi) is 6.58. The molecule has 7 heteroatoms. The maximum absolute atomic E-state index is 9.60. The lowest BCUT2D eigenvalue weighted by Crippen LogP contribution is -2.47. The summed E-state index contributed by atoms with van der Waals surface area (Å²) < 4.78 is 16.5. The molecule has 2 heterocycles. The number of benzene rings is 1. The lowest BCUT2D eigenvalue weighted by molar-refractivity contribution is 0.187. The maximum atomic E-state index is 9.60. The Bertz CT molecular complexity index is 861. The van der Waals surface area contributed by atoms with Gasteiger partial charge in [0.15, 0.2) is 17.4 Å². The van der Waals surface area contributed by atoms with E-state index >= 15 is 0 Å². The van der Waals surface area contributed by atoms with Crippen LogP contribution in [0.5, 0.6) is 11.5 Å². The van der Waals surface area contributed by atoms with Crippen molar-refractivity contribution in [3.8, 4) is 17.6 Å². The Balaban J connectivity index is 1.75. The van der Waals surface area contributed by atoms with E-state index in [0.29, 0.717) is 29.4 Å². The van der Waals surface area contributed by atoms with Crippen molar-refractivity contribution < 1.29 is 19.0 Å². The lowest BCUT2D eigenvalue weighted by atomic mass is 10.1. The van der Waals surface area contributed by atoms with Crippen molar-refractivity contribution in [1.29, 1.82) is 5.26 Å². The van der Waals surface area contributed by atoms with E-state index in [9.17, 15) is 5.26 Å². The molecule has 1 N–H and O–H groups in total. The second-order valence-corrected chi connectivity index (χ2v) is 6.47. The molecular weight excluding hydrogens is 358 g/mol. The Labute approximate surface area is 165 Å². The van der Waals surface area contributed by atoms with Crippen molar-refractivity contribution in [2.24, 2.45) is 0 Å². The third-order valence-corrected chi connectivity index (χ3v) is 4.81. The van der Waals surface area contributed by atoms with Crippen molar-refractivity contribution in [3.05, 3.63) is 41.7 Å². The van der Waals surface area contributed by atoms with Gasteiger partial charge in [-0.1, -0.05) is 0 Å². The zero-order valence-electron chi connectivity index (χ0n) is 16.2. The number of methoxy groups -OCH3 is 2. The minimum absolute atomic E-state index is 0.183. The molecule has 0 atom stereocenters. The van der Waals surface area contributed by atoms with E-state index in [4.69, 9.17) is 19.0 Å². The number of anilines is 1. The number of allylic oxidation sites excluding steroid dienone is 1. The maximum Gasteiger partial charge on any atom is 0.196 e. The molecule has 0 aliphatic carbocycles. The molecule has 0 radical (unpaired) electrons. The highest BCUT2D eigenvalue weighted by molar-refractivity contribution is 5.89. The molecule has 2 aromatic rings. The second kappa shape index (κ2) is 9.31. The number of β-amino-alcohol motifs (C(OH)–C–C–N with tert-alkyl or cyclic N) is 1. The summed E-state index contributed by atoms with van der Waals surface area (Å²) in [5.41, 5.74) is 1.21. The number of hydrogen-bond donors (Lipinski definition) is 1. The molecule has 1 aromatic carbocycles. The third-order valence-electron chi connectivity index (χ3n) is 4.81. The molecule has 148 valence electrons. The van der Waals surface area contributed by atoms with E-state index in [1.165, 1.54) is 0 Å². The molecule has 1 aliphatic rings. The number of rotatable bonds is 7. The summed E-state index contributed by atoms with van der Waals surface area (Å²) in [6, 6.07) is 11.4. The van der Waals surface area contributed by atoms with Gasteiger partial charge in [0.05, 0.1) is 32.5 Å². The van der Waals surface area contributed by atoms with Gasteiger partial charge in [-0.05, 0) is 35.9 Å². The molecule has 0 bridgehead atoms. The number of piperazine rings is 1. The smallest absolute Gasteiger partial charge is 0.196 e. The third kappa shape index (κ3) is 4.47. The number of aliphatic hydroxyl groups is 1. The first-order valence-electron chi connectivity index (χ1n) is 9.20. The molecule has 0 amide bonds. The Morgan fingerprint density at radius 3 is 2.54 bits per heavy atom. The van der Waals surface area contributed by atoms with Gasteiger partial charge in [-0.15, -0.1) is 0 Å². The predicted octanol–water partition coefficient (Wildman–Crippen LogP) is 2.48. The molecule has 1 aliphatic heterocycles. The number of furan rings is 1. The first-order chi connectivity index (χ1) is 13.7. The van der Waals surface area contributed by atoms with Crippen molar-refractivity contribution >= 4 is 17.5 Å². The van der Waals surface area contributed by atoms with Gasteiger partial charge in [0, 0.05) is 38.8 Å². The molecule has 1 fully saturated rings. The van der Waals surface area contributed by atoms with Crippen LogP contribution in [0.15, 0.2) is 34.7 Å². The van der Waals surface area contributed by atoms with E-state index < -0.39 is 0 Å². The van der Waals surface area contributed by atoms with Crippen molar-refractivity contribution in [1.82, 2.24) is 4.90 Å². The minimum Gasteiger partial charge on any atom is -0.493 e.